The van der Waals surface area contributed by atoms with Crippen molar-refractivity contribution in [3.8, 4) is 0 Å². The fourth-order valence-corrected chi connectivity index (χ4v) is 3.23. The molecule has 1 saturated heterocycles. The van der Waals surface area contributed by atoms with Crippen molar-refractivity contribution in [2.45, 2.75) is 37.4 Å². The monoisotopic (exact) mass is 404 g/mol. The second-order valence-electron chi connectivity index (χ2n) is 6.62. The molecule has 2 heterocycles. The van der Waals surface area contributed by atoms with Crippen LogP contribution >= 0.6 is 0 Å². The number of nitrogens with zero attached hydrogens (tertiary/aromatic N) is 1. The van der Waals surface area contributed by atoms with E-state index >= 15 is 0 Å². The summed E-state index contributed by atoms with van der Waals surface area (Å²) in [6, 6.07) is 6.91. The van der Waals surface area contributed by atoms with Crippen LogP contribution in [0.3, 0.4) is 0 Å². The lowest BCUT2D eigenvalue weighted by Gasteiger charge is -2.32. The molecule has 1 N–H and O–H groups in total. The molecule has 3 rings (SSSR count). The maximum Gasteiger partial charge on any atom is 0.416 e. The predicted octanol–water partition coefficient (Wildman–Crippen LogP) is 4.78. The molecule has 9 heteroatoms. The molecule has 0 saturated carbocycles. The number of hydrogen-bond donors (Lipinski definition) is 1. The third kappa shape index (κ3) is 5.02. The fraction of sp³-hybridized carbons (Fsp3) is 0.421. The molecule has 0 aliphatic carbocycles. The van der Waals surface area contributed by atoms with Crippen LogP contribution in [0, 0.1) is 0 Å². The van der Waals surface area contributed by atoms with Crippen molar-refractivity contribution in [3.05, 3.63) is 65.0 Å². The molecule has 1 aliphatic rings. The molecular formula is C19H18F6N2O. The minimum atomic E-state index is -4.87. The Morgan fingerprint density at radius 1 is 1.00 bits per heavy atom. The first-order chi connectivity index (χ1) is 13.1. The Morgan fingerprint density at radius 2 is 1.68 bits per heavy atom. The van der Waals surface area contributed by atoms with E-state index < -0.39 is 23.5 Å². The molecule has 1 aromatic carbocycles. The molecule has 1 aliphatic heterocycles. The van der Waals surface area contributed by atoms with Crippen LogP contribution in [-0.2, 0) is 23.7 Å². The zero-order chi connectivity index (χ0) is 20.4. The lowest BCUT2D eigenvalue weighted by Crippen LogP contribution is -2.40. The van der Waals surface area contributed by atoms with Gasteiger partial charge in [-0.05, 0) is 48.9 Å². The van der Waals surface area contributed by atoms with E-state index in [1.54, 1.807) is 12.3 Å². The van der Waals surface area contributed by atoms with Crippen molar-refractivity contribution in [1.82, 2.24) is 10.3 Å². The number of ether oxygens (including phenoxy) is 1. The first kappa shape index (κ1) is 20.6. The molecule has 2 unspecified atom stereocenters. The van der Waals surface area contributed by atoms with Crippen LogP contribution in [0.1, 0.15) is 34.7 Å². The van der Waals surface area contributed by atoms with Crippen molar-refractivity contribution in [2.24, 2.45) is 0 Å². The third-order valence-electron chi connectivity index (χ3n) is 4.60. The highest BCUT2D eigenvalue weighted by molar-refractivity contribution is 5.33. The Morgan fingerprint density at radius 3 is 2.25 bits per heavy atom. The molecule has 0 spiro atoms. The van der Waals surface area contributed by atoms with Crippen molar-refractivity contribution < 1.29 is 31.1 Å². The van der Waals surface area contributed by atoms with E-state index in [0.29, 0.717) is 31.6 Å². The Hall–Kier alpha value is -2.13. The largest absolute Gasteiger partial charge is 0.416 e. The fourth-order valence-electron chi connectivity index (χ4n) is 3.23. The summed E-state index contributed by atoms with van der Waals surface area (Å²) in [7, 11) is 0. The number of nitrogens with one attached hydrogen (secondary N) is 1. The number of pyridine rings is 1. The average Bonchev–Trinajstić information content (AvgIpc) is 2.66. The van der Waals surface area contributed by atoms with E-state index in [-0.39, 0.29) is 30.3 Å². The molecule has 2 aromatic rings. The highest BCUT2D eigenvalue weighted by Crippen LogP contribution is 2.36. The summed E-state index contributed by atoms with van der Waals surface area (Å²) in [5.74, 6) is -0.136. The van der Waals surface area contributed by atoms with Gasteiger partial charge in [0.1, 0.15) is 0 Å². The molecular weight excluding hydrogens is 386 g/mol. The Bertz CT molecular complexity index is 759. The Balaban J connectivity index is 1.81. The summed E-state index contributed by atoms with van der Waals surface area (Å²) in [5, 5.41) is 3.20. The van der Waals surface area contributed by atoms with Gasteiger partial charge in [0.2, 0.25) is 0 Å². The second kappa shape index (κ2) is 8.08. The molecule has 152 valence electrons. The first-order valence-electron chi connectivity index (χ1n) is 8.66. The minimum absolute atomic E-state index is 0.116. The van der Waals surface area contributed by atoms with Crippen molar-refractivity contribution >= 4 is 0 Å². The highest BCUT2D eigenvalue weighted by Gasteiger charge is 2.37. The van der Waals surface area contributed by atoms with E-state index in [0.717, 1.165) is 5.69 Å². The van der Waals surface area contributed by atoms with Gasteiger partial charge in [-0.1, -0.05) is 6.07 Å². The van der Waals surface area contributed by atoms with Gasteiger partial charge < -0.3 is 10.1 Å². The van der Waals surface area contributed by atoms with Crippen LogP contribution in [0.25, 0.3) is 0 Å². The number of alkyl halides is 6. The van der Waals surface area contributed by atoms with E-state index in [1.165, 1.54) is 0 Å². The molecule has 2 atom stereocenters. The molecule has 1 fully saturated rings. The van der Waals surface area contributed by atoms with E-state index in [4.69, 9.17) is 4.74 Å². The quantitative estimate of drug-likeness (QED) is 0.745. The molecule has 0 radical (unpaired) electrons. The number of aromatic nitrogens is 1. The van der Waals surface area contributed by atoms with Gasteiger partial charge in [0.25, 0.3) is 0 Å². The van der Waals surface area contributed by atoms with Gasteiger partial charge in [-0.2, -0.15) is 26.3 Å². The standard InChI is InChI=1S/C19H18F6N2O/c20-18(21,22)13-7-12(8-14(9-13)19(23,24)25)11-28-17-4-6-26-10-15(17)16-3-1-2-5-27-16/h1-3,5,7-9,15,17,26H,4,6,10-11H2. The summed E-state index contributed by atoms with van der Waals surface area (Å²) in [6.45, 7) is 0.865. The number of benzene rings is 1. The van der Waals surface area contributed by atoms with Gasteiger partial charge in [0.15, 0.2) is 0 Å². The molecule has 1 aromatic heterocycles. The number of hydrogen-bond acceptors (Lipinski definition) is 3. The Kier molecular flexibility index (Phi) is 5.95. The van der Waals surface area contributed by atoms with Gasteiger partial charge in [0, 0.05) is 24.4 Å². The summed E-state index contributed by atoms with van der Waals surface area (Å²) >= 11 is 0. The minimum Gasteiger partial charge on any atom is -0.373 e. The van der Waals surface area contributed by atoms with Crippen LogP contribution in [0.4, 0.5) is 26.3 Å². The SMILES string of the molecule is FC(F)(F)c1cc(COC2CCNCC2c2ccccn2)cc(C(F)(F)F)c1. The van der Waals surface area contributed by atoms with E-state index in [9.17, 15) is 26.3 Å². The molecule has 3 nitrogen and oxygen atoms in total. The zero-order valence-corrected chi connectivity index (χ0v) is 14.6. The lowest BCUT2D eigenvalue weighted by molar-refractivity contribution is -0.143. The number of rotatable bonds is 4. The van der Waals surface area contributed by atoms with Crippen LogP contribution in [0.15, 0.2) is 42.6 Å². The Labute approximate surface area is 157 Å². The average molecular weight is 404 g/mol. The number of piperidine rings is 1. The van der Waals surface area contributed by atoms with E-state index in [1.807, 2.05) is 12.1 Å². The van der Waals surface area contributed by atoms with Gasteiger partial charge in [0.05, 0.1) is 23.8 Å². The van der Waals surface area contributed by atoms with Crippen LogP contribution in [0.2, 0.25) is 0 Å². The highest BCUT2D eigenvalue weighted by atomic mass is 19.4. The second-order valence-corrected chi connectivity index (χ2v) is 6.62. The van der Waals surface area contributed by atoms with E-state index in [2.05, 4.69) is 10.3 Å². The summed E-state index contributed by atoms with van der Waals surface area (Å²) in [4.78, 5) is 4.28. The van der Waals surface area contributed by atoms with Gasteiger partial charge >= 0.3 is 12.4 Å². The van der Waals surface area contributed by atoms with Gasteiger partial charge in [-0.3, -0.25) is 4.98 Å². The van der Waals surface area contributed by atoms with Gasteiger partial charge in [-0.25, -0.2) is 0 Å². The summed E-state index contributed by atoms with van der Waals surface area (Å²) in [6.07, 6.45) is -7.90. The topological polar surface area (TPSA) is 34.1 Å². The zero-order valence-electron chi connectivity index (χ0n) is 14.6. The van der Waals surface area contributed by atoms with Crippen LogP contribution in [-0.4, -0.2) is 24.2 Å². The molecule has 0 amide bonds. The smallest absolute Gasteiger partial charge is 0.373 e. The first-order valence-corrected chi connectivity index (χ1v) is 8.66. The number of halogens is 6. The van der Waals surface area contributed by atoms with Gasteiger partial charge in [-0.15, -0.1) is 0 Å². The van der Waals surface area contributed by atoms with Crippen LogP contribution < -0.4 is 5.32 Å². The summed E-state index contributed by atoms with van der Waals surface area (Å²) in [5.41, 5.74) is -2.08. The maximum absolute atomic E-state index is 13.0. The molecule has 28 heavy (non-hydrogen) atoms. The molecule has 0 bridgehead atoms. The summed E-state index contributed by atoms with van der Waals surface area (Å²) < 4.78 is 83.7. The normalized spacial score (nSPS) is 20.9. The maximum atomic E-state index is 13.0. The third-order valence-corrected chi connectivity index (χ3v) is 4.60. The van der Waals surface area contributed by atoms with Crippen molar-refractivity contribution in [1.29, 1.82) is 0 Å². The predicted molar refractivity (Wildman–Crippen MR) is 89.5 cm³/mol. The lowest BCUT2D eigenvalue weighted by atomic mass is 9.92. The van der Waals surface area contributed by atoms with Crippen LogP contribution in [0.5, 0.6) is 0 Å². The van der Waals surface area contributed by atoms with Crippen molar-refractivity contribution in [3.63, 3.8) is 0 Å². The van der Waals surface area contributed by atoms with Crippen molar-refractivity contribution in [2.75, 3.05) is 13.1 Å².